The van der Waals surface area contributed by atoms with Crippen LogP contribution in [0.15, 0.2) is 34.7 Å². The number of anilines is 1. The molecule has 1 fully saturated rings. The fourth-order valence-corrected chi connectivity index (χ4v) is 4.28. The number of halogens is 1. The van der Waals surface area contributed by atoms with Gasteiger partial charge < -0.3 is 5.32 Å². The lowest BCUT2D eigenvalue weighted by molar-refractivity contribution is 0.360. The van der Waals surface area contributed by atoms with E-state index in [2.05, 4.69) is 24.9 Å². The summed E-state index contributed by atoms with van der Waals surface area (Å²) in [6.07, 6.45) is 6.08. The Morgan fingerprint density at radius 1 is 1.30 bits per heavy atom. The highest BCUT2D eigenvalue weighted by molar-refractivity contribution is 8.17. The van der Waals surface area contributed by atoms with Gasteiger partial charge in [-0.1, -0.05) is 61.3 Å². The number of hydrogen-bond donors (Lipinski definition) is 1. The van der Waals surface area contributed by atoms with Crippen molar-refractivity contribution in [2.75, 3.05) is 5.32 Å². The molecule has 1 spiro atoms. The predicted molar refractivity (Wildman–Crippen MR) is 89.8 cm³/mol. The molecule has 0 radical (unpaired) electrons. The second-order valence-electron chi connectivity index (χ2n) is 5.59. The average molecular weight is 307 g/mol. The second kappa shape index (κ2) is 5.45. The summed E-state index contributed by atoms with van der Waals surface area (Å²) in [4.78, 5) is 6.13. The monoisotopic (exact) mass is 306 g/mol. The first-order valence-corrected chi connectivity index (χ1v) is 8.29. The van der Waals surface area contributed by atoms with E-state index >= 15 is 0 Å². The molecule has 1 N–H and O–H groups in total. The minimum Gasteiger partial charge on any atom is -0.333 e. The van der Waals surface area contributed by atoms with Gasteiger partial charge in [0.15, 0.2) is 5.17 Å². The molecule has 0 saturated heterocycles. The molecule has 0 unspecified atom stereocenters. The van der Waals surface area contributed by atoms with Gasteiger partial charge in [-0.25, -0.2) is 4.99 Å². The molecular weight excluding hydrogens is 288 g/mol. The Morgan fingerprint density at radius 3 is 2.75 bits per heavy atom. The van der Waals surface area contributed by atoms with Crippen molar-refractivity contribution in [3.05, 3.63) is 40.3 Å². The third kappa shape index (κ3) is 2.49. The predicted octanol–water partition coefficient (Wildman–Crippen LogP) is 5.38. The summed E-state index contributed by atoms with van der Waals surface area (Å²) in [5.74, 6) is 0. The molecule has 2 nitrogen and oxygen atoms in total. The SMILES string of the molecule is C=C1SC(Nc2c(C)cccc2Cl)=NC12CCCCC2. The van der Waals surface area contributed by atoms with Crippen molar-refractivity contribution in [1.29, 1.82) is 0 Å². The van der Waals surface area contributed by atoms with Crippen molar-refractivity contribution >= 4 is 34.2 Å². The Labute approximate surface area is 129 Å². The lowest BCUT2D eigenvalue weighted by Crippen LogP contribution is -2.28. The Balaban J connectivity index is 1.85. The van der Waals surface area contributed by atoms with Gasteiger partial charge in [-0.2, -0.15) is 0 Å². The van der Waals surface area contributed by atoms with Gasteiger partial charge in [-0.15, -0.1) is 0 Å². The molecular formula is C16H19ClN2S. The van der Waals surface area contributed by atoms with E-state index in [1.54, 1.807) is 11.8 Å². The largest absolute Gasteiger partial charge is 0.333 e. The number of nitrogens with zero attached hydrogens (tertiary/aromatic N) is 1. The number of hydrogen-bond acceptors (Lipinski definition) is 3. The van der Waals surface area contributed by atoms with Gasteiger partial charge in [-0.05, 0) is 31.4 Å². The Kier molecular flexibility index (Phi) is 3.83. The molecule has 3 rings (SSSR count). The van der Waals surface area contributed by atoms with Crippen molar-refractivity contribution in [2.24, 2.45) is 4.99 Å². The van der Waals surface area contributed by atoms with E-state index in [0.29, 0.717) is 0 Å². The molecule has 0 bridgehead atoms. The number of rotatable bonds is 1. The third-order valence-corrected chi connectivity index (χ3v) is 5.52. The molecule has 1 aliphatic heterocycles. The summed E-state index contributed by atoms with van der Waals surface area (Å²) < 4.78 is 0. The summed E-state index contributed by atoms with van der Waals surface area (Å²) in [6, 6.07) is 5.93. The van der Waals surface area contributed by atoms with Crippen LogP contribution >= 0.6 is 23.4 Å². The van der Waals surface area contributed by atoms with Gasteiger partial charge in [-0.3, -0.25) is 0 Å². The molecule has 1 aromatic carbocycles. The summed E-state index contributed by atoms with van der Waals surface area (Å²) in [7, 11) is 0. The second-order valence-corrected chi connectivity index (χ2v) is 7.08. The normalized spacial score (nSPS) is 21.1. The highest BCUT2D eigenvalue weighted by atomic mass is 35.5. The fourth-order valence-electron chi connectivity index (χ4n) is 2.97. The number of para-hydroxylation sites is 1. The molecule has 0 aromatic heterocycles. The molecule has 4 heteroatoms. The Bertz CT molecular complexity index is 554. The van der Waals surface area contributed by atoms with Crippen LogP contribution in [0.5, 0.6) is 0 Å². The van der Waals surface area contributed by atoms with Crippen LogP contribution in [0.2, 0.25) is 5.02 Å². The van der Waals surface area contributed by atoms with E-state index in [4.69, 9.17) is 16.6 Å². The topological polar surface area (TPSA) is 24.4 Å². The molecule has 1 aromatic rings. The van der Waals surface area contributed by atoms with E-state index in [9.17, 15) is 0 Å². The number of thioether (sulfide) groups is 1. The smallest absolute Gasteiger partial charge is 0.166 e. The highest BCUT2D eigenvalue weighted by Crippen LogP contribution is 2.47. The Hall–Kier alpha value is -0.930. The minimum absolute atomic E-state index is 0.0274. The van der Waals surface area contributed by atoms with Crippen molar-refractivity contribution in [3.63, 3.8) is 0 Å². The van der Waals surface area contributed by atoms with Crippen LogP contribution in [-0.2, 0) is 0 Å². The lowest BCUT2D eigenvalue weighted by atomic mass is 9.82. The standard InChI is InChI=1S/C16H19ClN2S/c1-11-7-6-8-13(17)14(11)18-15-19-16(12(2)20-15)9-4-3-5-10-16/h6-8H,2-5,9-10H2,1H3,(H,18,19). The van der Waals surface area contributed by atoms with Crippen LogP contribution in [0.1, 0.15) is 37.7 Å². The number of aliphatic imine (C=N–C) groups is 1. The zero-order valence-corrected chi connectivity index (χ0v) is 13.3. The molecule has 2 aliphatic rings. The minimum atomic E-state index is -0.0274. The van der Waals surface area contributed by atoms with E-state index in [1.165, 1.54) is 24.2 Å². The zero-order chi connectivity index (χ0) is 14.2. The van der Waals surface area contributed by atoms with E-state index in [-0.39, 0.29) is 5.54 Å². The summed E-state index contributed by atoms with van der Waals surface area (Å²) in [5, 5.41) is 5.08. The first kappa shape index (κ1) is 14.0. The quantitative estimate of drug-likeness (QED) is 0.753. The number of aryl methyl sites for hydroxylation is 1. The average Bonchev–Trinajstić information content (AvgIpc) is 2.71. The first-order valence-electron chi connectivity index (χ1n) is 7.10. The number of benzene rings is 1. The van der Waals surface area contributed by atoms with Crippen LogP contribution in [0.25, 0.3) is 0 Å². The maximum atomic E-state index is 6.27. The van der Waals surface area contributed by atoms with E-state index in [1.807, 2.05) is 12.1 Å². The molecule has 0 atom stereocenters. The summed E-state index contributed by atoms with van der Waals surface area (Å²) in [5.41, 5.74) is 2.07. The van der Waals surface area contributed by atoms with E-state index < -0.39 is 0 Å². The highest BCUT2D eigenvalue weighted by Gasteiger charge is 2.40. The van der Waals surface area contributed by atoms with Gasteiger partial charge in [0, 0.05) is 4.91 Å². The number of amidine groups is 1. The molecule has 20 heavy (non-hydrogen) atoms. The zero-order valence-electron chi connectivity index (χ0n) is 11.7. The number of nitrogens with one attached hydrogen (secondary N) is 1. The first-order chi connectivity index (χ1) is 9.61. The van der Waals surface area contributed by atoms with Crippen molar-refractivity contribution in [1.82, 2.24) is 0 Å². The van der Waals surface area contributed by atoms with E-state index in [0.717, 1.165) is 34.3 Å². The van der Waals surface area contributed by atoms with Crippen molar-refractivity contribution in [3.8, 4) is 0 Å². The van der Waals surface area contributed by atoms with Crippen molar-refractivity contribution in [2.45, 2.75) is 44.6 Å². The van der Waals surface area contributed by atoms with Crippen LogP contribution in [-0.4, -0.2) is 10.7 Å². The van der Waals surface area contributed by atoms with Gasteiger partial charge >= 0.3 is 0 Å². The molecule has 0 amide bonds. The molecule has 1 heterocycles. The van der Waals surface area contributed by atoms with Gasteiger partial charge in [0.05, 0.1) is 16.2 Å². The van der Waals surface area contributed by atoms with Crippen molar-refractivity contribution < 1.29 is 0 Å². The third-order valence-electron chi connectivity index (χ3n) is 4.19. The fraction of sp³-hybridized carbons (Fsp3) is 0.438. The maximum Gasteiger partial charge on any atom is 0.166 e. The molecule has 1 aliphatic carbocycles. The Morgan fingerprint density at radius 2 is 2.05 bits per heavy atom. The van der Waals surface area contributed by atoms with Crippen LogP contribution < -0.4 is 5.32 Å². The van der Waals surface area contributed by atoms with Gasteiger partial charge in [0.2, 0.25) is 0 Å². The molecule has 106 valence electrons. The maximum absolute atomic E-state index is 6.27. The lowest BCUT2D eigenvalue weighted by Gasteiger charge is -2.30. The van der Waals surface area contributed by atoms with Crippen LogP contribution in [0.4, 0.5) is 5.69 Å². The molecule has 1 saturated carbocycles. The summed E-state index contributed by atoms with van der Waals surface area (Å²) >= 11 is 7.94. The van der Waals surface area contributed by atoms with Crippen LogP contribution in [0.3, 0.4) is 0 Å². The van der Waals surface area contributed by atoms with Crippen LogP contribution in [0, 0.1) is 6.92 Å². The summed E-state index contributed by atoms with van der Waals surface area (Å²) in [6.45, 7) is 6.30. The van der Waals surface area contributed by atoms with Gasteiger partial charge in [0.25, 0.3) is 0 Å². The van der Waals surface area contributed by atoms with Gasteiger partial charge in [0.1, 0.15) is 0 Å².